The van der Waals surface area contributed by atoms with Crippen LogP contribution in [0.1, 0.15) is 37.8 Å². The third-order valence-corrected chi connectivity index (χ3v) is 5.67. The lowest BCUT2D eigenvalue weighted by atomic mass is 9.99. The summed E-state index contributed by atoms with van der Waals surface area (Å²) in [6, 6.07) is 5.81. The summed E-state index contributed by atoms with van der Waals surface area (Å²) in [6.45, 7) is 0.244. The number of esters is 1. The first kappa shape index (κ1) is 15.2. The van der Waals surface area contributed by atoms with E-state index in [0.717, 1.165) is 17.7 Å². The normalized spacial score (nSPS) is 13.5. The number of aryl methyl sites for hydroxylation is 2. The highest BCUT2D eigenvalue weighted by molar-refractivity contribution is 7.14. The number of hydrogen-bond donors (Lipinski definition) is 1. The van der Waals surface area contributed by atoms with Crippen LogP contribution in [0, 0.1) is 0 Å². The molecule has 1 aliphatic rings. The molecule has 0 radical (unpaired) electrons. The summed E-state index contributed by atoms with van der Waals surface area (Å²) in [5, 5.41) is 4.70. The second kappa shape index (κ2) is 7.07. The third kappa shape index (κ3) is 3.75. The first-order valence-electron chi connectivity index (χ1n) is 7.30. The van der Waals surface area contributed by atoms with Crippen molar-refractivity contribution in [2.75, 3.05) is 6.61 Å². The fraction of sp³-hybridized carbons (Fsp3) is 0.375. The van der Waals surface area contributed by atoms with Crippen LogP contribution >= 0.6 is 22.7 Å². The molecule has 4 nitrogen and oxygen atoms in total. The lowest BCUT2D eigenvalue weighted by Crippen LogP contribution is -2.27. The highest BCUT2D eigenvalue weighted by Gasteiger charge is 2.18. The molecule has 0 saturated heterocycles. The average molecular weight is 335 g/mol. The maximum absolute atomic E-state index is 12.0. The minimum Gasteiger partial charge on any atom is -0.451 e. The van der Waals surface area contributed by atoms with Crippen LogP contribution in [0.5, 0.6) is 0 Å². The van der Waals surface area contributed by atoms with E-state index in [1.54, 1.807) is 11.3 Å². The number of ether oxygens (including phenoxy) is 1. The van der Waals surface area contributed by atoms with Crippen molar-refractivity contribution in [3.05, 3.63) is 43.8 Å². The number of amides is 1. The van der Waals surface area contributed by atoms with Crippen molar-refractivity contribution < 1.29 is 14.3 Å². The maximum atomic E-state index is 12.0. The van der Waals surface area contributed by atoms with E-state index in [0.29, 0.717) is 11.4 Å². The van der Waals surface area contributed by atoms with E-state index in [1.165, 1.54) is 34.6 Å². The number of hydrogen-bond acceptors (Lipinski definition) is 5. The molecule has 2 heterocycles. The molecule has 1 aliphatic carbocycles. The van der Waals surface area contributed by atoms with Gasteiger partial charge in [0.1, 0.15) is 4.88 Å². The van der Waals surface area contributed by atoms with Crippen LogP contribution in [0.3, 0.4) is 0 Å². The summed E-state index contributed by atoms with van der Waals surface area (Å²) in [5.74, 6) is -0.672. The monoisotopic (exact) mass is 335 g/mol. The molecular weight excluding hydrogens is 318 g/mol. The molecule has 0 bridgehead atoms. The van der Waals surface area contributed by atoms with E-state index >= 15 is 0 Å². The molecule has 6 heteroatoms. The molecule has 116 valence electrons. The van der Waals surface area contributed by atoms with E-state index in [2.05, 4.69) is 5.32 Å². The van der Waals surface area contributed by atoms with Crippen molar-refractivity contribution >= 4 is 34.6 Å². The highest BCUT2D eigenvalue weighted by Crippen LogP contribution is 2.29. The Kier molecular flexibility index (Phi) is 4.90. The highest BCUT2D eigenvalue weighted by atomic mass is 32.1. The van der Waals surface area contributed by atoms with Crippen LogP contribution in [0.15, 0.2) is 23.6 Å². The lowest BCUT2D eigenvalue weighted by Gasteiger charge is -2.08. The van der Waals surface area contributed by atoms with Crippen LogP contribution < -0.4 is 5.32 Å². The second-order valence-electron chi connectivity index (χ2n) is 5.20. The van der Waals surface area contributed by atoms with Crippen molar-refractivity contribution in [3.63, 3.8) is 0 Å². The molecule has 1 amide bonds. The van der Waals surface area contributed by atoms with Gasteiger partial charge in [-0.15, -0.1) is 22.7 Å². The van der Waals surface area contributed by atoms with Crippen LogP contribution in [-0.4, -0.2) is 18.5 Å². The maximum Gasteiger partial charge on any atom is 0.348 e. The van der Waals surface area contributed by atoms with Gasteiger partial charge in [-0.1, -0.05) is 6.07 Å². The molecule has 3 rings (SSSR count). The van der Waals surface area contributed by atoms with Crippen LogP contribution in [0.2, 0.25) is 0 Å². The third-order valence-electron chi connectivity index (χ3n) is 3.57. The predicted molar refractivity (Wildman–Crippen MR) is 87.4 cm³/mol. The zero-order chi connectivity index (χ0) is 15.4. The van der Waals surface area contributed by atoms with Crippen molar-refractivity contribution in [1.29, 1.82) is 0 Å². The molecule has 2 aromatic heterocycles. The van der Waals surface area contributed by atoms with Gasteiger partial charge in [0, 0.05) is 9.75 Å². The first-order valence-corrected chi connectivity index (χ1v) is 9.00. The van der Waals surface area contributed by atoms with Gasteiger partial charge >= 0.3 is 5.97 Å². The summed E-state index contributed by atoms with van der Waals surface area (Å²) in [4.78, 5) is 26.7. The van der Waals surface area contributed by atoms with Gasteiger partial charge in [0.2, 0.25) is 0 Å². The molecule has 0 aliphatic heterocycles. The summed E-state index contributed by atoms with van der Waals surface area (Å²) >= 11 is 3.08. The van der Waals surface area contributed by atoms with E-state index in [-0.39, 0.29) is 12.5 Å². The largest absolute Gasteiger partial charge is 0.451 e. The average Bonchev–Trinajstić information content (AvgIpc) is 3.19. The molecule has 1 N–H and O–H groups in total. The number of thiophene rings is 2. The Morgan fingerprint density at radius 1 is 1.27 bits per heavy atom. The van der Waals surface area contributed by atoms with Gasteiger partial charge in [0.25, 0.3) is 5.91 Å². The van der Waals surface area contributed by atoms with Crippen molar-refractivity contribution in [1.82, 2.24) is 5.32 Å². The predicted octanol–water partition coefficient (Wildman–Crippen LogP) is 3.16. The number of nitrogens with one attached hydrogen (secondary N) is 1. The van der Waals surface area contributed by atoms with Crippen molar-refractivity contribution in [2.45, 2.75) is 32.2 Å². The lowest BCUT2D eigenvalue weighted by molar-refractivity contribution is -0.124. The van der Waals surface area contributed by atoms with E-state index in [4.69, 9.17) is 4.74 Å². The summed E-state index contributed by atoms with van der Waals surface area (Å²) in [7, 11) is 0. The van der Waals surface area contributed by atoms with E-state index in [9.17, 15) is 9.59 Å². The van der Waals surface area contributed by atoms with E-state index < -0.39 is 5.97 Å². The minimum atomic E-state index is -0.398. The Morgan fingerprint density at radius 2 is 2.14 bits per heavy atom. The molecule has 0 unspecified atom stereocenters. The molecule has 0 atom stereocenters. The molecule has 22 heavy (non-hydrogen) atoms. The van der Waals surface area contributed by atoms with Gasteiger partial charge < -0.3 is 10.1 Å². The Morgan fingerprint density at radius 3 is 2.91 bits per heavy atom. The Labute approximate surface area is 137 Å². The van der Waals surface area contributed by atoms with Crippen molar-refractivity contribution in [3.8, 4) is 0 Å². The number of carbonyl (C=O) groups is 2. The molecule has 0 aromatic carbocycles. The van der Waals surface area contributed by atoms with Crippen LogP contribution in [0.25, 0.3) is 0 Å². The van der Waals surface area contributed by atoms with Gasteiger partial charge in [0.15, 0.2) is 6.61 Å². The number of rotatable bonds is 5. The van der Waals surface area contributed by atoms with Gasteiger partial charge in [-0.3, -0.25) is 4.79 Å². The molecule has 0 saturated carbocycles. The van der Waals surface area contributed by atoms with E-state index in [1.807, 2.05) is 23.6 Å². The first-order chi connectivity index (χ1) is 10.7. The molecule has 0 spiro atoms. The minimum absolute atomic E-state index is 0.229. The zero-order valence-electron chi connectivity index (χ0n) is 12.1. The second-order valence-corrected chi connectivity index (χ2v) is 7.37. The van der Waals surface area contributed by atoms with Crippen molar-refractivity contribution in [2.24, 2.45) is 0 Å². The molecule has 0 fully saturated rings. The topological polar surface area (TPSA) is 55.4 Å². The number of fused-ring (bicyclic) bond motifs is 1. The Hall–Kier alpha value is -1.66. The standard InChI is InChI=1S/C16H17NO3S2/c18-15(17-9-12-5-3-7-21-12)10-20-16(19)14-8-11-4-1-2-6-13(11)22-14/h3,5,7-8H,1-2,4,6,9-10H2,(H,17,18). The van der Waals surface area contributed by atoms with Crippen LogP contribution in [0.4, 0.5) is 0 Å². The molecular formula is C16H17NO3S2. The van der Waals surface area contributed by atoms with Gasteiger partial charge in [-0.2, -0.15) is 0 Å². The number of carbonyl (C=O) groups excluding carboxylic acids is 2. The van der Waals surface area contributed by atoms with Gasteiger partial charge in [0.05, 0.1) is 6.54 Å². The summed E-state index contributed by atoms with van der Waals surface area (Å²) < 4.78 is 5.10. The van der Waals surface area contributed by atoms with Gasteiger partial charge in [-0.25, -0.2) is 4.79 Å². The Bertz CT molecular complexity index is 637. The molecule has 2 aromatic rings. The smallest absolute Gasteiger partial charge is 0.348 e. The summed E-state index contributed by atoms with van der Waals surface area (Å²) in [5.41, 5.74) is 1.27. The SMILES string of the molecule is O=C(COC(=O)c1cc2c(s1)CCCC2)NCc1cccs1. The van der Waals surface area contributed by atoms with Crippen LogP contribution in [-0.2, 0) is 28.9 Å². The fourth-order valence-corrected chi connectivity index (χ4v) is 4.24. The Balaban J connectivity index is 1.47. The van der Waals surface area contributed by atoms with Gasteiger partial charge in [-0.05, 0) is 48.8 Å². The quantitative estimate of drug-likeness (QED) is 0.854. The zero-order valence-corrected chi connectivity index (χ0v) is 13.7. The fourth-order valence-electron chi connectivity index (χ4n) is 2.44. The summed E-state index contributed by atoms with van der Waals surface area (Å²) in [6.07, 6.45) is 4.46.